The van der Waals surface area contributed by atoms with Gasteiger partial charge < -0.3 is 9.14 Å². The molecule has 174 valence electrons. The van der Waals surface area contributed by atoms with Crippen molar-refractivity contribution in [2.45, 2.75) is 18.8 Å². The maximum absolute atomic E-state index is 12.3. The molecule has 0 saturated carbocycles. The van der Waals surface area contributed by atoms with Crippen LogP contribution in [0.25, 0.3) is 5.65 Å². The summed E-state index contributed by atoms with van der Waals surface area (Å²) >= 11 is 7.48. The van der Waals surface area contributed by atoms with Crippen molar-refractivity contribution in [1.29, 1.82) is 0 Å². The first-order chi connectivity index (χ1) is 16.6. The lowest BCUT2D eigenvalue weighted by Gasteiger charge is -2.09. The van der Waals surface area contributed by atoms with Crippen LogP contribution in [0, 0.1) is 0 Å². The normalized spacial score (nSPS) is 10.7. The molecule has 2 aromatic heterocycles. The molecule has 7 nitrogen and oxygen atoms in total. The molecule has 0 spiro atoms. The Hall–Kier alpha value is -3.49. The second kappa shape index (κ2) is 11.6. The Morgan fingerprint density at radius 3 is 2.56 bits per heavy atom. The van der Waals surface area contributed by atoms with Crippen LogP contribution in [-0.2, 0) is 17.2 Å². The zero-order valence-corrected chi connectivity index (χ0v) is 19.8. The van der Waals surface area contributed by atoms with E-state index >= 15 is 0 Å². The molecule has 0 bridgehead atoms. The maximum Gasteiger partial charge on any atom is 0.269 e. The second-order valence-corrected chi connectivity index (χ2v) is 8.98. The number of amides is 2. The van der Waals surface area contributed by atoms with Crippen molar-refractivity contribution in [3.63, 3.8) is 0 Å². The number of nitrogens with zero attached hydrogens (tertiary/aromatic N) is 2. The minimum absolute atomic E-state index is 0.246. The maximum atomic E-state index is 12.3. The molecule has 0 aliphatic carbocycles. The van der Waals surface area contributed by atoms with Crippen LogP contribution in [-0.4, -0.2) is 27.0 Å². The third-order valence-electron chi connectivity index (χ3n) is 4.89. The lowest BCUT2D eigenvalue weighted by atomic mass is 10.1. The van der Waals surface area contributed by atoms with E-state index in [4.69, 9.17) is 16.3 Å². The van der Waals surface area contributed by atoms with Gasteiger partial charge in [0.1, 0.15) is 18.0 Å². The Morgan fingerprint density at radius 2 is 1.79 bits per heavy atom. The molecule has 4 rings (SSSR count). The van der Waals surface area contributed by atoms with Gasteiger partial charge in [0, 0.05) is 40.9 Å². The van der Waals surface area contributed by atoms with Gasteiger partial charge in [-0.05, 0) is 54.1 Å². The topological polar surface area (TPSA) is 84.7 Å². The van der Waals surface area contributed by atoms with Crippen molar-refractivity contribution in [1.82, 2.24) is 20.2 Å². The number of hydrogen-bond donors (Lipinski definition) is 2. The molecule has 0 atom stereocenters. The number of hydrazine groups is 1. The number of imidazole rings is 1. The van der Waals surface area contributed by atoms with Crippen molar-refractivity contribution in [2.24, 2.45) is 0 Å². The van der Waals surface area contributed by atoms with Crippen LogP contribution in [0.15, 0.2) is 79.1 Å². The number of rotatable bonds is 9. The molecule has 2 N–H and O–H groups in total. The zero-order chi connectivity index (χ0) is 23.8. The van der Waals surface area contributed by atoms with E-state index in [2.05, 4.69) is 15.8 Å². The standard InChI is InChI=1S/C25H23ClN4O3S/c26-20-8-10-22(11-9-20)33-16-18-4-6-19(7-5-18)25(32)29-28-24(31)12-14-34-17-21-15-30-13-2-1-3-23(30)27-21/h1-11,13,15H,12,14,16-17H2,(H,28,31)(H,29,32). The number of aromatic nitrogens is 2. The van der Waals surface area contributed by atoms with Crippen LogP contribution in [0.5, 0.6) is 5.75 Å². The van der Waals surface area contributed by atoms with E-state index in [9.17, 15) is 9.59 Å². The Bertz CT molecular complexity index is 1230. The van der Waals surface area contributed by atoms with Crippen LogP contribution in [0.2, 0.25) is 5.02 Å². The third kappa shape index (κ3) is 6.76. The molecule has 0 saturated heterocycles. The van der Waals surface area contributed by atoms with E-state index in [1.807, 2.05) is 47.1 Å². The van der Waals surface area contributed by atoms with E-state index in [0.29, 0.717) is 35.1 Å². The number of nitrogens with one attached hydrogen (secondary N) is 2. The Kier molecular flexibility index (Phi) is 8.06. The average molecular weight is 495 g/mol. The number of thioether (sulfide) groups is 1. The fourth-order valence-electron chi connectivity index (χ4n) is 3.11. The van der Waals surface area contributed by atoms with Gasteiger partial charge in [-0.15, -0.1) is 0 Å². The molecule has 4 aromatic rings. The van der Waals surface area contributed by atoms with Crippen molar-refractivity contribution in [3.8, 4) is 5.75 Å². The molecule has 9 heteroatoms. The first kappa shape index (κ1) is 23.7. The van der Waals surface area contributed by atoms with E-state index in [1.165, 1.54) is 0 Å². The second-order valence-electron chi connectivity index (χ2n) is 7.44. The molecule has 0 unspecified atom stereocenters. The largest absolute Gasteiger partial charge is 0.489 e. The lowest BCUT2D eigenvalue weighted by molar-refractivity contribution is -0.121. The Labute approximate surface area is 206 Å². The molecular formula is C25H23ClN4O3S. The van der Waals surface area contributed by atoms with Crippen LogP contribution < -0.4 is 15.6 Å². The van der Waals surface area contributed by atoms with Gasteiger partial charge in [-0.3, -0.25) is 20.4 Å². The number of carbonyl (C=O) groups excluding carboxylic acids is 2. The number of ether oxygens (including phenoxy) is 1. The number of halogens is 1. The molecule has 2 aromatic carbocycles. The van der Waals surface area contributed by atoms with Crippen LogP contribution in [0.1, 0.15) is 28.0 Å². The van der Waals surface area contributed by atoms with Crippen molar-refractivity contribution in [2.75, 3.05) is 5.75 Å². The summed E-state index contributed by atoms with van der Waals surface area (Å²) in [5, 5.41) is 0.650. The number of benzene rings is 2. The van der Waals surface area contributed by atoms with Gasteiger partial charge in [0.25, 0.3) is 5.91 Å². The molecular weight excluding hydrogens is 472 g/mol. The summed E-state index contributed by atoms with van der Waals surface area (Å²) in [7, 11) is 0. The molecule has 34 heavy (non-hydrogen) atoms. The monoisotopic (exact) mass is 494 g/mol. The van der Waals surface area contributed by atoms with Crippen molar-refractivity contribution >= 4 is 40.8 Å². The van der Waals surface area contributed by atoms with E-state index in [1.54, 1.807) is 48.2 Å². The van der Waals surface area contributed by atoms with Gasteiger partial charge in [0.15, 0.2) is 0 Å². The molecule has 0 aliphatic rings. The van der Waals surface area contributed by atoms with Gasteiger partial charge in [0.2, 0.25) is 5.91 Å². The summed E-state index contributed by atoms with van der Waals surface area (Å²) in [6.45, 7) is 0.368. The van der Waals surface area contributed by atoms with Gasteiger partial charge in [-0.25, -0.2) is 4.98 Å². The van der Waals surface area contributed by atoms with Crippen LogP contribution in [0.4, 0.5) is 0 Å². The zero-order valence-electron chi connectivity index (χ0n) is 18.2. The molecule has 0 aliphatic heterocycles. The highest BCUT2D eigenvalue weighted by molar-refractivity contribution is 7.98. The van der Waals surface area contributed by atoms with E-state index in [-0.39, 0.29) is 11.8 Å². The summed E-state index contributed by atoms with van der Waals surface area (Å²) in [4.78, 5) is 28.9. The molecule has 0 fully saturated rings. The van der Waals surface area contributed by atoms with Crippen LogP contribution >= 0.6 is 23.4 Å². The minimum Gasteiger partial charge on any atom is -0.489 e. The molecule has 2 amide bonds. The van der Waals surface area contributed by atoms with Crippen molar-refractivity contribution < 1.29 is 14.3 Å². The SMILES string of the molecule is O=C(CCSCc1cn2ccccc2n1)NNC(=O)c1ccc(COc2ccc(Cl)cc2)cc1. The minimum atomic E-state index is -0.379. The highest BCUT2D eigenvalue weighted by Crippen LogP contribution is 2.17. The predicted molar refractivity (Wildman–Crippen MR) is 134 cm³/mol. The number of pyridine rings is 1. The summed E-state index contributed by atoms with van der Waals surface area (Å²) in [6, 6.07) is 20.0. The highest BCUT2D eigenvalue weighted by atomic mass is 35.5. The van der Waals surface area contributed by atoms with Gasteiger partial charge in [-0.1, -0.05) is 29.8 Å². The first-order valence-corrected chi connectivity index (χ1v) is 12.2. The number of fused-ring (bicyclic) bond motifs is 1. The van der Waals surface area contributed by atoms with Gasteiger partial charge in [-0.2, -0.15) is 11.8 Å². The first-order valence-electron chi connectivity index (χ1n) is 10.6. The van der Waals surface area contributed by atoms with Crippen molar-refractivity contribution in [3.05, 3.63) is 101 Å². The summed E-state index contributed by atoms with van der Waals surface area (Å²) < 4.78 is 7.66. The van der Waals surface area contributed by atoms with Gasteiger partial charge >= 0.3 is 0 Å². The number of carbonyl (C=O) groups is 2. The molecule has 0 radical (unpaired) electrons. The van der Waals surface area contributed by atoms with Crippen LogP contribution in [0.3, 0.4) is 0 Å². The average Bonchev–Trinajstić information content (AvgIpc) is 3.28. The van der Waals surface area contributed by atoms with E-state index < -0.39 is 0 Å². The lowest BCUT2D eigenvalue weighted by Crippen LogP contribution is -2.41. The molecule has 2 heterocycles. The highest BCUT2D eigenvalue weighted by Gasteiger charge is 2.08. The van der Waals surface area contributed by atoms with E-state index in [0.717, 1.165) is 22.7 Å². The number of hydrogen-bond acceptors (Lipinski definition) is 5. The smallest absolute Gasteiger partial charge is 0.269 e. The quantitative estimate of drug-likeness (QED) is 0.261. The van der Waals surface area contributed by atoms with Gasteiger partial charge in [0.05, 0.1) is 5.69 Å². The fourth-order valence-corrected chi connectivity index (χ4v) is 4.06. The summed E-state index contributed by atoms with van der Waals surface area (Å²) in [5.74, 6) is 1.43. The summed E-state index contributed by atoms with van der Waals surface area (Å²) in [5.41, 5.74) is 8.13. The Balaban J connectivity index is 1.14. The Morgan fingerprint density at radius 1 is 1.00 bits per heavy atom. The predicted octanol–water partition coefficient (Wildman–Crippen LogP) is 4.65. The fraction of sp³-hybridized carbons (Fsp3) is 0.160. The third-order valence-corrected chi connectivity index (χ3v) is 6.13. The summed E-state index contributed by atoms with van der Waals surface area (Å²) in [6.07, 6.45) is 4.23.